The molecule has 94 valence electrons. The number of likely N-dealkylation sites (tertiary alicyclic amines) is 1. The molecular weight excluding hydrogens is 236 g/mol. The number of esters is 1. The first-order valence-corrected chi connectivity index (χ1v) is 5.68. The number of hydrogen-bond acceptors (Lipinski definition) is 5. The Morgan fingerprint density at radius 2 is 1.89 bits per heavy atom. The van der Waals surface area contributed by atoms with Crippen LogP contribution < -0.4 is 0 Å². The van der Waals surface area contributed by atoms with Crippen LogP contribution in [0.1, 0.15) is 12.8 Å². The SMILES string of the molecule is N#CCOC(=O)CN1C(=O)[C@@H]2CC=CC[C@H]2C1=O. The lowest BCUT2D eigenvalue weighted by Gasteiger charge is -2.14. The van der Waals surface area contributed by atoms with Gasteiger partial charge in [0, 0.05) is 0 Å². The van der Waals surface area contributed by atoms with E-state index in [4.69, 9.17) is 5.26 Å². The molecule has 6 nitrogen and oxygen atoms in total. The van der Waals surface area contributed by atoms with Gasteiger partial charge in [-0.25, -0.2) is 0 Å². The van der Waals surface area contributed by atoms with Crippen LogP contribution in [0.3, 0.4) is 0 Å². The number of nitriles is 1. The first kappa shape index (κ1) is 12.3. The Morgan fingerprint density at radius 1 is 1.33 bits per heavy atom. The van der Waals surface area contributed by atoms with Gasteiger partial charge in [0.2, 0.25) is 11.8 Å². The molecule has 1 fully saturated rings. The predicted molar refractivity (Wildman–Crippen MR) is 58.6 cm³/mol. The molecule has 0 bridgehead atoms. The largest absolute Gasteiger partial charge is 0.449 e. The highest BCUT2D eigenvalue weighted by molar-refractivity contribution is 6.07. The van der Waals surface area contributed by atoms with Gasteiger partial charge in [-0.15, -0.1) is 0 Å². The molecular formula is C12H12N2O4. The van der Waals surface area contributed by atoms with Crippen LogP contribution in [-0.4, -0.2) is 35.8 Å². The van der Waals surface area contributed by atoms with Crippen molar-refractivity contribution in [1.29, 1.82) is 5.26 Å². The van der Waals surface area contributed by atoms with Crippen molar-refractivity contribution in [3.63, 3.8) is 0 Å². The van der Waals surface area contributed by atoms with E-state index in [2.05, 4.69) is 4.74 Å². The molecule has 18 heavy (non-hydrogen) atoms. The number of carbonyl (C=O) groups excluding carboxylic acids is 3. The van der Waals surface area contributed by atoms with Crippen molar-refractivity contribution in [2.24, 2.45) is 11.8 Å². The van der Waals surface area contributed by atoms with Gasteiger partial charge in [0.05, 0.1) is 11.8 Å². The fourth-order valence-electron chi connectivity index (χ4n) is 2.31. The van der Waals surface area contributed by atoms with Crippen LogP contribution in [0.15, 0.2) is 12.2 Å². The Balaban J connectivity index is 2.02. The number of fused-ring (bicyclic) bond motifs is 1. The first-order chi connectivity index (χ1) is 8.65. The fraction of sp³-hybridized carbons (Fsp3) is 0.500. The van der Waals surface area contributed by atoms with Crippen LogP contribution in [0.5, 0.6) is 0 Å². The minimum atomic E-state index is -0.732. The van der Waals surface area contributed by atoms with Crippen LogP contribution in [0.4, 0.5) is 0 Å². The number of allylic oxidation sites excluding steroid dienone is 2. The van der Waals surface area contributed by atoms with Crippen molar-refractivity contribution in [3.8, 4) is 6.07 Å². The van der Waals surface area contributed by atoms with Crippen molar-refractivity contribution in [2.45, 2.75) is 12.8 Å². The Kier molecular flexibility index (Phi) is 3.42. The second-order valence-corrected chi connectivity index (χ2v) is 4.24. The summed E-state index contributed by atoms with van der Waals surface area (Å²) < 4.78 is 4.54. The van der Waals surface area contributed by atoms with Crippen molar-refractivity contribution in [3.05, 3.63) is 12.2 Å². The van der Waals surface area contributed by atoms with E-state index in [-0.39, 0.29) is 30.3 Å². The lowest BCUT2D eigenvalue weighted by molar-refractivity contribution is -0.152. The van der Waals surface area contributed by atoms with Gasteiger partial charge < -0.3 is 4.74 Å². The summed E-state index contributed by atoms with van der Waals surface area (Å²) in [6.45, 7) is -0.768. The predicted octanol–water partition coefficient (Wildman–Crippen LogP) is 0.00438. The number of hydrogen-bond donors (Lipinski definition) is 0. The minimum Gasteiger partial charge on any atom is -0.449 e. The number of carbonyl (C=O) groups is 3. The monoisotopic (exact) mass is 248 g/mol. The van der Waals surface area contributed by atoms with Gasteiger partial charge in [-0.2, -0.15) is 5.26 Å². The summed E-state index contributed by atoms with van der Waals surface area (Å²) in [6.07, 6.45) is 4.84. The van der Waals surface area contributed by atoms with Gasteiger partial charge in [0.1, 0.15) is 12.6 Å². The van der Waals surface area contributed by atoms with E-state index in [1.54, 1.807) is 6.07 Å². The van der Waals surface area contributed by atoms with E-state index in [0.717, 1.165) is 4.90 Å². The van der Waals surface area contributed by atoms with Crippen molar-refractivity contribution >= 4 is 17.8 Å². The average molecular weight is 248 g/mol. The van der Waals surface area contributed by atoms with E-state index in [1.165, 1.54) is 0 Å². The highest BCUT2D eigenvalue weighted by atomic mass is 16.5. The smallest absolute Gasteiger partial charge is 0.327 e. The normalized spacial score (nSPS) is 25.8. The summed E-state index contributed by atoms with van der Waals surface area (Å²) in [5.41, 5.74) is 0. The summed E-state index contributed by atoms with van der Waals surface area (Å²) in [6, 6.07) is 1.65. The number of ether oxygens (including phenoxy) is 1. The third-order valence-corrected chi connectivity index (χ3v) is 3.18. The highest BCUT2D eigenvalue weighted by Gasteiger charge is 2.47. The zero-order valence-corrected chi connectivity index (χ0v) is 9.67. The Labute approximate surface area is 104 Å². The van der Waals surface area contributed by atoms with Crippen LogP contribution in [-0.2, 0) is 19.1 Å². The Bertz CT molecular complexity index is 437. The first-order valence-electron chi connectivity index (χ1n) is 5.68. The summed E-state index contributed by atoms with van der Waals surface area (Å²) in [5, 5.41) is 8.27. The molecule has 2 atom stereocenters. The molecule has 0 aromatic carbocycles. The molecule has 0 aromatic heterocycles. The van der Waals surface area contributed by atoms with Crippen LogP contribution in [0, 0.1) is 23.2 Å². The fourth-order valence-corrected chi connectivity index (χ4v) is 2.31. The molecule has 1 saturated heterocycles. The second-order valence-electron chi connectivity index (χ2n) is 4.24. The summed E-state index contributed by atoms with van der Waals surface area (Å²) >= 11 is 0. The lowest BCUT2D eigenvalue weighted by Crippen LogP contribution is -2.36. The van der Waals surface area contributed by atoms with Gasteiger partial charge in [0.15, 0.2) is 6.61 Å². The third-order valence-electron chi connectivity index (χ3n) is 3.18. The lowest BCUT2D eigenvalue weighted by atomic mass is 9.85. The van der Waals surface area contributed by atoms with E-state index in [0.29, 0.717) is 12.8 Å². The molecule has 0 aromatic rings. The molecule has 0 N–H and O–H groups in total. The highest BCUT2D eigenvalue weighted by Crippen LogP contribution is 2.34. The van der Waals surface area contributed by atoms with Crippen LogP contribution in [0.25, 0.3) is 0 Å². The standard InChI is InChI=1S/C12H12N2O4/c13-5-6-18-10(15)7-14-11(16)8-3-1-2-4-9(8)12(14)17/h1-2,8-9H,3-4,6-7H2/t8-,9-/m1/s1. The van der Waals surface area contributed by atoms with Gasteiger partial charge in [-0.3, -0.25) is 19.3 Å². The van der Waals surface area contributed by atoms with Crippen molar-refractivity contribution in [2.75, 3.05) is 13.2 Å². The average Bonchev–Trinajstić information content (AvgIpc) is 2.62. The maximum Gasteiger partial charge on any atom is 0.327 e. The number of rotatable bonds is 3. The number of nitrogens with zero attached hydrogens (tertiary/aromatic N) is 2. The summed E-state index contributed by atoms with van der Waals surface area (Å²) in [5.74, 6) is -2.05. The quantitative estimate of drug-likeness (QED) is 0.398. The van der Waals surface area contributed by atoms with E-state index in [9.17, 15) is 14.4 Å². The minimum absolute atomic E-state index is 0.316. The van der Waals surface area contributed by atoms with Gasteiger partial charge in [-0.05, 0) is 12.8 Å². The molecule has 0 radical (unpaired) electrons. The number of imide groups is 1. The molecule has 2 aliphatic rings. The summed E-state index contributed by atoms with van der Waals surface area (Å²) in [7, 11) is 0. The molecule has 0 saturated carbocycles. The Hall–Kier alpha value is -2.16. The molecule has 2 rings (SSSR count). The van der Waals surface area contributed by atoms with Crippen molar-refractivity contribution < 1.29 is 19.1 Å². The van der Waals surface area contributed by atoms with E-state index < -0.39 is 12.5 Å². The van der Waals surface area contributed by atoms with Crippen LogP contribution >= 0.6 is 0 Å². The maximum atomic E-state index is 12.0. The maximum absolute atomic E-state index is 12.0. The molecule has 0 unspecified atom stereocenters. The Morgan fingerprint density at radius 3 is 2.39 bits per heavy atom. The molecule has 2 amide bonds. The zero-order valence-electron chi connectivity index (χ0n) is 9.67. The second kappa shape index (κ2) is 5.00. The zero-order chi connectivity index (χ0) is 13.1. The van der Waals surface area contributed by atoms with Crippen LogP contribution in [0.2, 0.25) is 0 Å². The third kappa shape index (κ3) is 2.12. The molecule has 0 spiro atoms. The number of amides is 2. The van der Waals surface area contributed by atoms with Gasteiger partial charge in [0.25, 0.3) is 0 Å². The molecule has 1 aliphatic carbocycles. The topological polar surface area (TPSA) is 87.5 Å². The van der Waals surface area contributed by atoms with Gasteiger partial charge >= 0.3 is 5.97 Å². The van der Waals surface area contributed by atoms with Gasteiger partial charge in [-0.1, -0.05) is 12.2 Å². The van der Waals surface area contributed by atoms with E-state index in [1.807, 2.05) is 12.2 Å². The molecule has 6 heteroatoms. The molecule has 1 aliphatic heterocycles. The van der Waals surface area contributed by atoms with Crippen molar-refractivity contribution in [1.82, 2.24) is 4.90 Å². The summed E-state index contributed by atoms with van der Waals surface area (Å²) in [4.78, 5) is 36.2. The molecule has 1 heterocycles. The van der Waals surface area contributed by atoms with E-state index >= 15 is 0 Å².